The van der Waals surface area contributed by atoms with E-state index in [1.807, 2.05) is 37.3 Å². The van der Waals surface area contributed by atoms with Gasteiger partial charge in [0.1, 0.15) is 25.6 Å². The minimum Gasteiger partial charge on any atom is -0.488 e. The molecule has 3 aromatic carbocycles. The van der Waals surface area contributed by atoms with Gasteiger partial charge < -0.3 is 19.3 Å². The molecule has 8 nitrogen and oxygen atoms in total. The smallest absolute Gasteiger partial charge is 0.303 e. The molecule has 35 heavy (non-hydrogen) atoms. The molecule has 0 saturated heterocycles. The first kappa shape index (κ1) is 24.6. The zero-order valence-corrected chi connectivity index (χ0v) is 20.0. The Morgan fingerprint density at radius 2 is 1.80 bits per heavy atom. The maximum atomic E-state index is 12.5. The first-order valence-electron chi connectivity index (χ1n) is 11.1. The Labute approximate surface area is 204 Å². The maximum Gasteiger partial charge on any atom is 0.303 e. The van der Waals surface area contributed by atoms with Gasteiger partial charge in [-0.2, -0.15) is 8.42 Å². The molecule has 1 N–H and O–H groups in total. The van der Waals surface area contributed by atoms with Gasteiger partial charge in [0.05, 0.1) is 4.90 Å². The van der Waals surface area contributed by atoms with Crippen molar-refractivity contribution in [2.45, 2.75) is 37.4 Å². The van der Waals surface area contributed by atoms with E-state index < -0.39 is 22.2 Å². The van der Waals surface area contributed by atoms with Gasteiger partial charge in [0.15, 0.2) is 17.6 Å². The lowest BCUT2D eigenvalue weighted by atomic mass is 10.1. The van der Waals surface area contributed by atoms with Crippen LogP contribution < -0.4 is 14.2 Å². The van der Waals surface area contributed by atoms with Gasteiger partial charge in [-0.3, -0.25) is 8.98 Å². The second-order valence-electron chi connectivity index (χ2n) is 8.14. The molecule has 0 radical (unpaired) electrons. The maximum absolute atomic E-state index is 12.5. The van der Waals surface area contributed by atoms with Crippen molar-refractivity contribution in [2.24, 2.45) is 0 Å². The zero-order valence-electron chi connectivity index (χ0n) is 19.2. The lowest BCUT2D eigenvalue weighted by Crippen LogP contribution is -2.34. The Morgan fingerprint density at radius 1 is 1.06 bits per heavy atom. The van der Waals surface area contributed by atoms with E-state index in [-0.39, 0.29) is 31.0 Å². The first-order chi connectivity index (χ1) is 16.8. The topological polar surface area (TPSA) is 108 Å². The number of carbonyl (C=O) groups is 1. The number of carboxylic acids is 1. The minimum absolute atomic E-state index is 0.0546. The van der Waals surface area contributed by atoms with Gasteiger partial charge in [0, 0.05) is 12.0 Å². The largest absolute Gasteiger partial charge is 0.488 e. The SMILES string of the molecule is Cc1ccc(S(=O)(=O)OCC2COc3ccc(OCc4ccccc4)c(CCC(=O)O)c3O2)cc1. The van der Waals surface area contributed by atoms with Gasteiger partial charge in [-0.25, -0.2) is 0 Å². The van der Waals surface area contributed by atoms with Crippen LogP contribution in [0.4, 0.5) is 0 Å². The third kappa shape index (κ3) is 6.32. The third-order valence-electron chi connectivity index (χ3n) is 5.44. The number of ether oxygens (including phenoxy) is 3. The summed E-state index contributed by atoms with van der Waals surface area (Å²) >= 11 is 0. The Balaban J connectivity index is 1.51. The minimum atomic E-state index is -3.97. The van der Waals surface area contributed by atoms with Crippen LogP contribution in [0.25, 0.3) is 0 Å². The Kier molecular flexibility index (Phi) is 7.57. The summed E-state index contributed by atoms with van der Waals surface area (Å²) in [7, 11) is -3.97. The van der Waals surface area contributed by atoms with Crippen LogP contribution in [0.2, 0.25) is 0 Å². The number of hydrogen-bond donors (Lipinski definition) is 1. The molecular formula is C26H26O8S. The summed E-state index contributed by atoms with van der Waals surface area (Å²) in [6.07, 6.45) is -0.693. The second-order valence-corrected chi connectivity index (χ2v) is 9.76. The number of benzene rings is 3. The van der Waals surface area contributed by atoms with Crippen LogP contribution in [-0.2, 0) is 32.1 Å². The molecule has 0 spiro atoms. The number of aliphatic carboxylic acids is 1. The first-order valence-corrected chi connectivity index (χ1v) is 12.5. The van der Waals surface area contributed by atoms with E-state index in [0.29, 0.717) is 29.4 Å². The van der Waals surface area contributed by atoms with Crippen LogP contribution in [0.3, 0.4) is 0 Å². The van der Waals surface area contributed by atoms with Crippen LogP contribution >= 0.6 is 0 Å². The number of hydrogen-bond acceptors (Lipinski definition) is 7. The molecular weight excluding hydrogens is 472 g/mol. The molecule has 1 unspecified atom stereocenters. The molecule has 0 bridgehead atoms. The molecule has 3 aromatic rings. The summed E-state index contributed by atoms with van der Waals surface area (Å²) in [5.41, 5.74) is 2.44. The second kappa shape index (κ2) is 10.8. The van der Waals surface area contributed by atoms with E-state index in [1.54, 1.807) is 24.3 Å². The summed E-state index contributed by atoms with van der Waals surface area (Å²) in [6.45, 7) is 1.98. The van der Waals surface area contributed by atoms with Crippen LogP contribution in [0.15, 0.2) is 71.6 Å². The zero-order chi connectivity index (χ0) is 24.8. The molecule has 0 amide bonds. The Morgan fingerprint density at radius 3 is 2.51 bits per heavy atom. The van der Waals surface area contributed by atoms with Crippen LogP contribution in [0.1, 0.15) is 23.1 Å². The molecule has 4 rings (SSSR count). The fourth-order valence-corrected chi connectivity index (χ4v) is 4.51. The van der Waals surface area contributed by atoms with E-state index in [2.05, 4.69) is 0 Å². The number of rotatable bonds is 10. The average molecular weight is 499 g/mol. The lowest BCUT2D eigenvalue weighted by molar-refractivity contribution is -0.136. The highest BCUT2D eigenvalue weighted by atomic mass is 32.2. The van der Waals surface area contributed by atoms with Gasteiger partial charge in [-0.15, -0.1) is 0 Å². The Hall–Kier alpha value is -3.56. The van der Waals surface area contributed by atoms with Crippen LogP contribution in [-0.4, -0.2) is 38.8 Å². The number of fused-ring (bicyclic) bond motifs is 1. The molecule has 9 heteroatoms. The lowest BCUT2D eigenvalue weighted by Gasteiger charge is -2.29. The van der Waals surface area contributed by atoms with E-state index in [1.165, 1.54) is 12.1 Å². The van der Waals surface area contributed by atoms with Gasteiger partial charge in [-0.05, 0) is 43.2 Å². The summed E-state index contributed by atoms with van der Waals surface area (Å²) in [5.74, 6) is 0.295. The molecule has 0 aliphatic carbocycles. The summed E-state index contributed by atoms with van der Waals surface area (Å²) in [4.78, 5) is 11.3. The van der Waals surface area contributed by atoms with Crippen molar-refractivity contribution in [1.29, 1.82) is 0 Å². The highest BCUT2D eigenvalue weighted by Crippen LogP contribution is 2.41. The van der Waals surface area contributed by atoms with Gasteiger partial charge in [0.2, 0.25) is 0 Å². The molecule has 1 aliphatic heterocycles. The van der Waals surface area contributed by atoms with Crippen molar-refractivity contribution in [3.8, 4) is 17.2 Å². The van der Waals surface area contributed by atoms with Crippen LogP contribution in [0.5, 0.6) is 17.2 Å². The van der Waals surface area contributed by atoms with Crippen molar-refractivity contribution >= 4 is 16.1 Å². The van der Waals surface area contributed by atoms with Gasteiger partial charge >= 0.3 is 5.97 Å². The van der Waals surface area contributed by atoms with Crippen molar-refractivity contribution in [2.75, 3.05) is 13.2 Å². The molecule has 1 aliphatic rings. The Bertz CT molecular complexity index is 1270. The summed E-state index contributed by atoms with van der Waals surface area (Å²) in [6, 6.07) is 19.3. The number of aryl methyl sites for hydroxylation is 1. The summed E-state index contributed by atoms with van der Waals surface area (Å²) < 4.78 is 48.1. The fourth-order valence-electron chi connectivity index (χ4n) is 3.57. The third-order valence-corrected chi connectivity index (χ3v) is 6.73. The summed E-state index contributed by atoms with van der Waals surface area (Å²) in [5, 5.41) is 9.23. The van der Waals surface area contributed by atoms with E-state index >= 15 is 0 Å². The standard InChI is InChI=1S/C26H26O8S/c1-18-7-9-21(10-8-18)35(29,30)33-17-20-16-32-24-13-12-23(31-15-19-5-3-2-4-6-19)22(26(24)34-20)11-14-25(27)28/h2-10,12-13,20H,11,14-17H2,1H3,(H,27,28). The van der Waals surface area contributed by atoms with E-state index in [4.69, 9.17) is 18.4 Å². The molecule has 0 saturated carbocycles. The van der Waals surface area contributed by atoms with Gasteiger partial charge in [-0.1, -0.05) is 48.0 Å². The monoisotopic (exact) mass is 498 g/mol. The van der Waals surface area contributed by atoms with E-state index in [9.17, 15) is 18.3 Å². The predicted octanol–water partition coefficient (Wildman–Crippen LogP) is 4.14. The highest BCUT2D eigenvalue weighted by Gasteiger charge is 2.28. The normalized spacial score (nSPS) is 14.9. The molecule has 1 heterocycles. The fraction of sp³-hybridized carbons (Fsp3) is 0.269. The highest BCUT2D eigenvalue weighted by molar-refractivity contribution is 7.86. The molecule has 184 valence electrons. The average Bonchev–Trinajstić information content (AvgIpc) is 2.86. The van der Waals surface area contributed by atoms with E-state index in [0.717, 1.165) is 11.1 Å². The molecule has 1 atom stereocenters. The van der Waals surface area contributed by atoms with Crippen molar-refractivity contribution in [1.82, 2.24) is 0 Å². The number of carboxylic acid groups (broad SMARTS) is 1. The predicted molar refractivity (Wildman–Crippen MR) is 127 cm³/mol. The molecule has 0 aromatic heterocycles. The molecule has 0 fully saturated rings. The van der Waals surface area contributed by atoms with Crippen molar-refractivity contribution in [3.05, 3.63) is 83.4 Å². The van der Waals surface area contributed by atoms with Gasteiger partial charge in [0.25, 0.3) is 10.1 Å². The van der Waals surface area contributed by atoms with Crippen LogP contribution in [0, 0.1) is 6.92 Å². The van der Waals surface area contributed by atoms with Crippen molar-refractivity contribution < 1.29 is 36.7 Å². The quantitative estimate of drug-likeness (QED) is 0.416. The van der Waals surface area contributed by atoms with Crippen molar-refractivity contribution in [3.63, 3.8) is 0 Å².